The number of nitrogens with one attached hydrogen (secondary N) is 1. The summed E-state index contributed by atoms with van der Waals surface area (Å²) >= 11 is 0. The summed E-state index contributed by atoms with van der Waals surface area (Å²) in [7, 11) is 0. The third kappa shape index (κ3) is 3.28. The molecule has 0 aromatic heterocycles. The maximum atomic E-state index is 11.7. The Labute approximate surface area is 98.0 Å². The van der Waals surface area contributed by atoms with Gasteiger partial charge in [-0.1, -0.05) is 13.0 Å². The average Bonchev–Trinajstić information content (AvgIpc) is 2.35. The summed E-state index contributed by atoms with van der Waals surface area (Å²) in [6.07, 6.45) is 0.483. The third-order valence-corrected chi connectivity index (χ3v) is 2.19. The van der Waals surface area contributed by atoms with Gasteiger partial charge in [0.1, 0.15) is 6.04 Å². The van der Waals surface area contributed by atoms with Gasteiger partial charge in [-0.2, -0.15) is 5.26 Å². The summed E-state index contributed by atoms with van der Waals surface area (Å²) < 4.78 is 0. The Kier molecular flexibility index (Phi) is 4.17. The lowest BCUT2D eigenvalue weighted by molar-refractivity contribution is -0.384. The molecule has 1 aromatic rings. The molecular formula is C11H11N3O3. The first kappa shape index (κ1) is 12.6. The van der Waals surface area contributed by atoms with Gasteiger partial charge in [0, 0.05) is 17.7 Å². The van der Waals surface area contributed by atoms with E-state index in [2.05, 4.69) is 5.32 Å². The number of nitrogens with zero attached hydrogens (tertiary/aromatic N) is 2. The molecule has 0 aliphatic rings. The van der Waals surface area contributed by atoms with Crippen LogP contribution in [0.4, 0.5) is 5.69 Å². The quantitative estimate of drug-likeness (QED) is 0.631. The molecule has 0 spiro atoms. The first-order valence-electron chi connectivity index (χ1n) is 5.03. The van der Waals surface area contributed by atoms with Gasteiger partial charge in [-0.25, -0.2) is 0 Å². The van der Waals surface area contributed by atoms with E-state index in [-0.39, 0.29) is 11.3 Å². The number of carbonyl (C=O) groups is 1. The lowest BCUT2D eigenvalue weighted by atomic mass is 10.1. The highest BCUT2D eigenvalue weighted by Gasteiger charge is 2.14. The van der Waals surface area contributed by atoms with Crippen LogP contribution >= 0.6 is 0 Å². The van der Waals surface area contributed by atoms with Crippen LogP contribution in [0.1, 0.15) is 23.7 Å². The Bertz CT molecular complexity index is 479. The van der Waals surface area contributed by atoms with Crippen LogP contribution in [0.3, 0.4) is 0 Å². The van der Waals surface area contributed by atoms with E-state index in [0.29, 0.717) is 6.42 Å². The lowest BCUT2D eigenvalue weighted by Gasteiger charge is -2.08. The molecule has 1 N–H and O–H groups in total. The predicted octanol–water partition coefficient (Wildman–Crippen LogP) is 1.63. The van der Waals surface area contributed by atoms with Gasteiger partial charge in [-0.15, -0.1) is 0 Å². The number of carbonyl (C=O) groups excluding carboxylic acids is 1. The van der Waals surface area contributed by atoms with E-state index < -0.39 is 16.9 Å². The molecule has 0 aliphatic carbocycles. The second kappa shape index (κ2) is 5.61. The molecule has 1 unspecified atom stereocenters. The molecule has 0 aliphatic heterocycles. The van der Waals surface area contributed by atoms with Crippen LogP contribution < -0.4 is 5.32 Å². The summed E-state index contributed by atoms with van der Waals surface area (Å²) in [4.78, 5) is 21.6. The van der Waals surface area contributed by atoms with Crippen molar-refractivity contribution in [3.63, 3.8) is 0 Å². The maximum Gasteiger partial charge on any atom is 0.270 e. The van der Waals surface area contributed by atoms with Crippen LogP contribution in [0.25, 0.3) is 0 Å². The molecule has 17 heavy (non-hydrogen) atoms. The first-order chi connectivity index (χ1) is 8.08. The molecule has 88 valence electrons. The van der Waals surface area contributed by atoms with Crippen LogP contribution in [0.5, 0.6) is 0 Å². The van der Waals surface area contributed by atoms with Crippen LogP contribution in [0.15, 0.2) is 24.3 Å². The van der Waals surface area contributed by atoms with Crippen molar-refractivity contribution in [1.29, 1.82) is 5.26 Å². The molecule has 6 heteroatoms. The highest BCUT2D eigenvalue weighted by atomic mass is 16.6. The molecule has 1 rings (SSSR count). The molecule has 1 aromatic carbocycles. The third-order valence-electron chi connectivity index (χ3n) is 2.19. The van der Waals surface area contributed by atoms with Gasteiger partial charge in [0.25, 0.3) is 11.6 Å². The Hall–Kier alpha value is -2.42. The van der Waals surface area contributed by atoms with Gasteiger partial charge in [-0.05, 0) is 12.5 Å². The zero-order valence-electron chi connectivity index (χ0n) is 9.21. The molecule has 0 heterocycles. The van der Waals surface area contributed by atoms with Gasteiger partial charge in [0.2, 0.25) is 0 Å². The summed E-state index contributed by atoms with van der Waals surface area (Å²) in [5.74, 6) is -0.484. The number of hydrogen-bond acceptors (Lipinski definition) is 4. The standard InChI is InChI=1S/C11H11N3O3/c1-2-9(7-12)13-11(15)8-4-3-5-10(6-8)14(16)17/h3-6,9H,2H2,1H3,(H,13,15). The van der Waals surface area contributed by atoms with Crippen LogP contribution in [0, 0.1) is 21.4 Å². The van der Waals surface area contributed by atoms with Crippen LogP contribution in [-0.4, -0.2) is 16.9 Å². The van der Waals surface area contributed by atoms with E-state index in [1.54, 1.807) is 6.92 Å². The second-order valence-electron chi connectivity index (χ2n) is 3.37. The molecular weight excluding hydrogens is 222 g/mol. The van der Waals surface area contributed by atoms with E-state index in [0.717, 1.165) is 0 Å². The molecule has 0 radical (unpaired) electrons. The summed E-state index contributed by atoms with van der Waals surface area (Å²) in [5.41, 5.74) is 0.0237. The molecule has 1 atom stereocenters. The summed E-state index contributed by atoms with van der Waals surface area (Å²) in [6, 6.07) is 6.72. The maximum absolute atomic E-state index is 11.7. The fraction of sp³-hybridized carbons (Fsp3) is 0.273. The fourth-order valence-corrected chi connectivity index (χ4v) is 1.23. The summed E-state index contributed by atoms with van der Waals surface area (Å²) in [6.45, 7) is 1.77. The minimum atomic E-state index is -0.582. The fourth-order valence-electron chi connectivity index (χ4n) is 1.23. The van der Waals surface area contributed by atoms with Crippen molar-refractivity contribution in [3.8, 4) is 6.07 Å². The smallest absolute Gasteiger partial charge is 0.270 e. The van der Waals surface area contributed by atoms with Crippen molar-refractivity contribution in [1.82, 2.24) is 5.32 Å². The normalized spacial score (nSPS) is 11.3. The van der Waals surface area contributed by atoms with E-state index in [1.807, 2.05) is 6.07 Å². The lowest BCUT2D eigenvalue weighted by Crippen LogP contribution is -2.33. The van der Waals surface area contributed by atoms with Gasteiger partial charge in [0.05, 0.1) is 11.0 Å². The van der Waals surface area contributed by atoms with Crippen LogP contribution in [-0.2, 0) is 0 Å². The molecule has 0 saturated heterocycles. The van der Waals surface area contributed by atoms with Gasteiger partial charge in [0.15, 0.2) is 0 Å². The number of nitro groups is 1. The van der Waals surface area contributed by atoms with Crippen molar-refractivity contribution in [2.24, 2.45) is 0 Å². The minimum absolute atomic E-state index is 0.150. The molecule has 6 nitrogen and oxygen atoms in total. The number of nitriles is 1. The van der Waals surface area contributed by atoms with Crippen molar-refractivity contribution in [2.75, 3.05) is 0 Å². The van der Waals surface area contributed by atoms with Crippen molar-refractivity contribution in [3.05, 3.63) is 39.9 Å². The average molecular weight is 233 g/mol. The van der Waals surface area contributed by atoms with E-state index in [4.69, 9.17) is 5.26 Å². The molecule has 1 amide bonds. The second-order valence-corrected chi connectivity index (χ2v) is 3.37. The topological polar surface area (TPSA) is 96.0 Å². The van der Waals surface area contributed by atoms with Gasteiger partial charge < -0.3 is 5.32 Å². The van der Waals surface area contributed by atoms with Gasteiger partial charge >= 0.3 is 0 Å². The number of amides is 1. The Morgan fingerprint density at radius 2 is 2.35 bits per heavy atom. The minimum Gasteiger partial charge on any atom is -0.336 e. The number of non-ortho nitro benzene ring substituents is 1. The van der Waals surface area contributed by atoms with E-state index >= 15 is 0 Å². The monoisotopic (exact) mass is 233 g/mol. The number of hydrogen-bond donors (Lipinski definition) is 1. The zero-order valence-corrected chi connectivity index (χ0v) is 9.21. The Morgan fingerprint density at radius 3 is 2.88 bits per heavy atom. The molecule has 0 fully saturated rings. The van der Waals surface area contributed by atoms with E-state index in [9.17, 15) is 14.9 Å². The predicted molar refractivity (Wildman–Crippen MR) is 60.3 cm³/mol. The Morgan fingerprint density at radius 1 is 1.65 bits per heavy atom. The largest absolute Gasteiger partial charge is 0.336 e. The molecule has 0 bridgehead atoms. The zero-order chi connectivity index (χ0) is 12.8. The number of benzene rings is 1. The first-order valence-corrected chi connectivity index (χ1v) is 5.03. The van der Waals surface area contributed by atoms with Gasteiger partial charge in [-0.3, -0.25) is 14.9 Å². The summed E-state index contributed by atoms with van der Waals surface area (Å²) in [5, 5.41) is 21.7. The SMILES string of the molecule is CCC(C#N)NC(=O)c1cccc([N+](=O)[O-])c1. The Balaban J connectivity index is 2.86. The molecule has 0 saturated carbocycles. The number of nitro benzene ring substituents is 1. The van der Waals surface area contributed by atoms with Crippen LogP contribution in [0.2, 0.25) is 0 Å². The van der Waals surface area contributed by atoms with E-state index in [1.165, 1.54) is 24.3 Å². The van der Waals surface area contributed by atoms with Crippen molar-refractivity contribution < 1.29 is 9.72 Å². The number of rotatable bonds is 4. The highest BCUT2D eigenvalue weighted by Crippen LogP contribution is 2.13. The van der Waals surface area contributed by atoms with Crippen molar-refractivity contribution in [2.45, 2.75) is 19.4 Å². The van der Waals surface area contributed by atoms with Crippen molar-refractivity contribution >= 4 is 11.6 Å². The highest BCUT2D eigenvalue weighted by molar-refractivity contribution is 5.95.